The molecule has 124 valence electrons. The molecule has 0 aliphatic heterocycles. The van der Waals surface area contributed by atoms with Crippen molar-refractivity contribution in [2.75, 3.05) is 5.32 Å². The molecule has 4 aromatic rings. The molecule has 7 heteroatoms. The number of amides is 1. The third-order valence-electron chi connectivity index (χ3n) is 3.68. The third kappa shape index (κ3) is 3.27. The van der Waals surface area contributed by atoms with Gasteiger partial charge in [0, 0.05) is 10.9 Å². The Hall–Kier alpha value is -3.06. The highest BCUT2D eigenvalue weighted by Gasteiger charge is 2.13. The minimum Gasteiger partial charge on any atom is -0.293 e. The Kier molecular flexibility index (Phi) is 3.99. The topological polar surface area (TPSA) is 59.3 Å². The van der Waals surface area contributed by atoms with E-state index in [2.05, 4.69) is 15.4 Å². The van der Waals surface area contributed by atoms with E-state index in [0.29, 0.717) is 4.96 Å². The molecule has 5 nitrogen and oxygen atoms in total. The number of anilines is 1. The van der Waals surface area contributed by atoms with E-state index >= 15 is 0 Å². The highest BCUT2D eigenvalue weighted by Crippen LogP contribution is 2.25. The van der Waals surface area contributed by atoms with Gasteiger partial charge in [0.1, 0.15) is 5.82 Å². The van der Waals surface area contributed by atoms with Crippen LogP contribution in [0.1, 0.15) is 5.56 Å². The van der Waals surface area contributed by atoms with Gasteiger partial charge in [-0.1, -0.05) is 42.5 Å². The molecule has 1 N–H and O–H groups in total. The number of aromatic nitrogens is 3. The molecule has 4 rings (SSSR count). The molecule has 2 aromatic carbocycles. The lowest BCUT2D eigenvalue weighted by Crippen LogP contribution is -2.15. The number of nitrogens with zero attached hydrogens (tertiary/aromatic N) is 3. The average Bonchev–Trinajstić information content (AvgIpc) is 3.17. The van der Waals surface area contributed by atoms with Crippen molar-refractivity contribution in [3.8, 4) is 11.3 Å². The van der Waals surface area contributed by atoms with E-state index in [-0.39, 0.29) is 24.1 Å². The van der Waals surface area contributed by atoms with Gasteiger partial charge < -0.3 is 0 Å². The Bertz CT molecular complexity index is 1020. The summed E-state index contributed by atoms with van der Waals surface area (Å²) in [4.78, 5) is 17.2. The van der Waals surface area contributed by atoms with Gasteiger partial charge in [0.2, 0.25) is 16.8 Å². The summed E-state index contributed by atoms with van der Waals surface area (Å²) < 4.78 is 14.6. The molecule has 1 amide bonds. The van der Waals surface area contributed by atoms with Crippen molar-refractivity contribution in [1.82, 2.24) is 14.6 Å². The summed E-state index contributed by atoms with van der Waals surface area (Å²) in [7, 11) is 0. The average molecular weight is 352 g/mol. The first-order chi connectivity index (χ1) is 12.2. The van der Waals surface area contributed by atoms with Gasteiger partial charge in [-0.2, -0.15) is 4.98 Å². The van der Waals surface area contributed by atoms with Gasteiger partial charge >= 0.3 is 0 Å². The Balaban J connectivity index is 1.53. The fraction of sp³-hybridized carbons (Fsp3) is 0.0556. The maximum absolute atomic E-state index is 12.9. The van der Waals surface area contributed by atoms with Gasteiger partial charge in [0.15, 0.2) is 0 Å². The van der Waals surface area contributed by atoms with Gasteiger partial charge in [0.25, 0.3) is 0 Å². The molecule has 2 aromatic heterocycles. The lowest BCUT2D eigenvalue weighted by molar-refractivity contribution is -0.115. The zero-order valence-electron chi connectivity index (χ0n) is 13.0. The lowest BCUT2D eigenvalue weighted by Gasteiger charge is -2.01. The lowest BCUT2D eigenvalue weighted by atomic mass is 10.1. The number of carbonyl (C=O) groups excluding carboxylic acids is 1. The van der Waals surface area contributed by atoms with Crippen LogP contribution in [0.15, 0.2) is 60.0 Å². The molecule has 0 bridgehead atoms. The number of hydrogen-bond donors (Lipinski definition) is 1. The van der Waals surface area contributed by atoms with Gasteiger partial charge in [-0.25, -0.2) is 8.91 Å². The van der Waals surface area contributed by atoms with Gasteiger partial charge in [-0.05, 0) is 17.7 Å². The fourth-order valence-electron chi connectivity index (χ4n) is 2.50. The van der Waals surface area contributed by atoms with Crippen LogP contribution in [0.25, 0.3) is 16.2 Å². The molecular formula is C18H13FN4OS. The molecule has 2 heterocycles. The molecule has 0 atom stereocenters. The van der Waals surface area contributed by atoms with E-state index in [1.54, 1.807) is 16.6 Å². The minimum atomic E-state index is -0.325. The second-order valence-corrected chi connectivity index (χ2v) is 6.30. The Morgan fingerprint density at radius 3 is 2.64 bits per heavy atom. The highest BCUT2D eigenvalue weighted by molar-refractivity contribution is 7.15. The Morgan fingerprint density at radius 1 is 1.12 bits per heavy atom. The van der Waals surface area contributed by atoms with Crippen LogP contribution in [0.4, 0.5) is 10.3 Å². The fourth-order valence-corrected chi connectivity index (χ4v) is 3.33. The summed E-state index contributed by atoms with van der Waals surface area (Å²) in [5, 5.41) is 9.04. The summed E-state index contributed by atoms with van der Waals surface area (Å²) in [6.07, 6.45) is 0.138. The first-order valence-electron chi connectivity index (χ1n) is 7.63. The van der Waals surface area contributed by atoms with Crippen molar-refractivity contribution < 1.29 is 9.18 Å². The molecule has 0 saturated carbocycles. The quantitative estimate of drug-likeness (QED) is 0.608. The monoisotopic (exact) mass is 352 g/mol. The van der Waals surface area contributed by atoms with Crippen LogP contribution < -0.4 is 5.32 Å². The predicted octanol–water partition coefficient (Wildman–Crippen LogP) is 3.78. The second-order valence-electron chi connectivity index (χ2n) is 5.47. The normalized spacial score (nSPS) is 10.9. The van der Waals surface area contributed by atoms with E-state index in [4.69, 9.17) is 0 Å². The Labute approximate surface area is 146 Å². The zero-order chi connectivity index (χ0) is 17.2. The highest BCUT2D eigenvalue weighted by atomic mass is 32.1. The SMILES string of the molecule is O=C(Cc1ccc(F)cc1)Nc1nc2scc(-c3ccccc3)n2n1. The van der Waals surface area contributed by atoms with Gasteiger partial charge in [-0.3, -0.25) is 10.1 Å². The minimum absolute atomic E-state index is 0.138. The number of benzene rings is 2. The predicted molar refractivity (Wildman–Crippen MR) is 95.0 cm³/mol. The van der Waals surface area contributed by atoms with Crippen LogP contribution in [-0.2, 0) is 11.2 Å². The molecule has 0 aliphatic carbocycles. The number of fused-ring (bicyclic) bond motifs is 1. The Morgan fingerprint density at radius 2 is 1.88 bits per heavy atom. The van der Waals surface area contributed by atoms with Gasteiger partial charge in [-0.15, -0.1) is 16.4 Å². The number of rotatable bonds is 4. The van der Waals surface area contributed by atoms with Crippen molar-refractivity contribution in [2.24, 2.45) is 0 Å². The first kappa shape index (κ1) is 15.5. The summed E-state index contributed by atoms with van der Waals surface area (Å²) in [6.45, 7) is 0. The van der Waals surface area contributed by atoms with Crippen molar-refractivity contribution in [2.45, 2.75) is 6.42 Å². The first-order valence-corrected chi connectivity index (χ1v) is 8.51. The van der Waals surface area contributed by atoms with E-state index in [1.807, 2.05) is 35.7 Å². The van der Waals surface area contributed by atoms with Crippen molar-refractivity contribution in [3.63, 3.8) is 0 Å². The van der Waals surface area contributed by atoms with E-state index < -0.39 is 0 Å². The number of hydrogen-bond acceptors (Lipinski definition) is 4. The number of thiazole rings is 1. The van der Waals surface area contributed by atoms with Gasteiger partial charge in [0.05, 0.1) is 12.1 Å². The molecule has 0 unspecified atom stereocenters. The number of halogens is 1. The molecule has 0 saturated heterocycles. The maximum atomic E-state index is 12.9. The molecular weight excluding hydrogens is 339 g/mol. The summed E-state index contributed by atoms with van der Waals surface area (Å²) in [5.41, 5.74) is 2.68. The van der Waals surface area contributed by atoms with Crippen LogP contribution >= 0.6 is 11.3 Å². The zero-order valence-corrected chi connectivity index (χ0v) is 13.8. The largest absolute Gasteiger partial charge is 0.293 e. The second kappa shape index (κ2) is 6.45. The van der Waals surface area contributed by atoms with Crippen molar-refractivity contribution in [3.05, 3.63) is 71.4 Å². The summed E-state index contributed by atoms with van der Waals surface area (Å²) in [5.74, 6) is -0.309. The molecule has 0 aliphatic rings. The van der Waals surface area contributed by atoms with E-state index in [9.17, 15) is 9.18 Å². The van der Waals surface area contributed by atoms with Crippen LogP contribution in [0.3, 0.4) is 0 Å². The van der Waals surface area contributed by atoms with Crippen molar-refractivity contribution >= 4 is 28.2 Å². The number of carbonyl (C=O) groups is 1. The molecule has 0 fully saturated rings. The summed E-state index contributed by atoms with van der Waals surface area (Å²) >= 11 is 1.46. The van der Waals surface area contributed by atoms with Crippen LogP contribution in [0.2, 0.25) is 0 Å². The summed E-state index contributed by atoms with van der Waals surface area (Å²) in [6, 6.07) is 15.7. The van der Waals surface area contributed by atoms with Crippen LogP contribution in [0, 0.1) is 5.82 Å². The number of nitrogens with one attached hydrogen (secondary N) is 1. The molecule has 0 spiro atoms. The van der Waals surface area contributed by atoms with E-state index in [1.165, 1.54) is 23.5 Å². The smallest absolute Gasteiger partial charge is 0.250 e. The van der Waals surface area contributed by atoms with Crippen LogP contribution in [-0.4, -0.2) is 20.5 Å². The van der Waals surface area contributed by atoms with Crippen molar-refractivity contribution in [1.29, 1.82) is 0 Å². The van der Waals surface area contributed by atoms with E-state index in [0.717, 1.165) is 16.8 Å². The molecule has 25 heavy (non-hydrogen) atoms. The maximum Gasteiger partial charge on any atom is 0.250 e. The standard InChI is InChI=1S/C18H13FN4OS/c19-14-8-6-12(7-9-14)10-16(24)20-17-21-18-23(22-17)15(11-25-18)13-4-2-1-3-5-13/h1-9,11H,10H2,(H,20,22,24). The molecule has 0 radical (unpaired) electrons. The third-order valence-corrected chi connectivity index (χ3v) is 4.50. The van der Waals surface area contributed by atoms with Crippen LogP contribution in [0.5, 0.6) is 0 Å².